The number of hydrogen-bond acceptors (Lipinski definition) is 4. The van der Waals surface area contributed by atoms with E-state index in [-0.39, 0.29) is 29.0 Å². The molecular weight excluding hydrogens is 376 g/mol. The van der Waals surface area contributed by atoms with E-state index in [0.29, 0.717) is 13.0 Å². The number of hydrogen-bond donors (Lipinski definition) is 0. The highest BCUT2D eigenvalue weighted by Gasteiger charge is 2.48. The summed E-state index contributed by atoms with van der Waals surface area (Å²) in [5, 5.41) is 0. The minimum absolute atomic E-state index is 0.0178. The van der Waals surface area contributed by atoms with Gasteiger partial charge in [-0.3, -0.25) is 9.59 Å². The molecule has 1 aromatic rings. The van der Waals surface area contributed by atoms with E-state index in [9.17, 15) is 9.59 Å². The van der Waals surface area contributed by atoms with Gasteiger partial charge in [-0.05, 0) is 37.7 Å². The molecule has 4 heteroatoms. The van der Waals surface area contributed by atoms with Gasteiger partial charge in [-0.2, -0.15) is 0 Å². The summed E-state index contributed by atoms with van der Waals surface area (Å²) in [6, 6.07) is 10.4. The lowest BCUT2D eigenvalue weighted by atomic mass is 9.70. The molecule has 0 N–H and O–H groups in total. The second-order valence-corrected chi connectivity index (χ2v) is 9.29. The summed E-state index contributed by atoms with van der Waals surface area (Å²) < 4.78 is 10.6. The first-order valence-corrected chi connectivity index (χ1v) is 11.0. The molecule has 0 amide bonds. The number of ketones is 1. The van der Waals surface area contributed by atoms with E-state index in [1.165, 1.54) is 29.4 Å². The predicted molar refractivity (Wildman–Crippen MR) is 116 cm³/mol. The molecule has 0 saturated heterocycles. The van der Waals surface area contributed by atoms with E-state index in [2.05, 4.69) is 37.3 Å². The Labute approximate surface area is 179 Å². The quantitative estimate of drug-likeness (QED) is 0.403. The molecule has 30 heavy (non-hydrogen) atoms. The SMILES string of the molecule is COC[C@H]1CCC2/C1=C\C1(C)CCC(Cc3ccccc3)=C1CC(=O)[C@H]2C(=O)OC. The van der Waals surface area contributed by atoms with Gasteiger partial charge in [-0.25, -0.2) is 0 Å². The number of carbonyl (C=O) groups excluding carboxylic acids is 2. The van der Waals surface area contributed by atoms with Crippen LogP contribution in [-0.2, 0) is 25.5 Å². The van der Waals surface area contributed by atoms with Crippen LogP contribution in [-0.4, -0.2) is 32.6 Å². The highest BCUT2D eigenvalue weighted by Crippen LogP contribution is 2.53. The zero-order valence-corrected chi connectivity index (χ0v) is 18.3. The summed E-state index contributed by atoms with van der Waals surface area (Å²) in [6.45, 7) is 2.91. The molecule has 4 rings (SSSR count). The molecule has 2 unspecified atom stereocenters. The molecule has 4 nitrogen and oxygen atoms in total. The molecule has 3 aliphatic rings. The van der Waals surface area contributed by atoms with E-state index < -0.39 is 5.92 Å². The molecule has 0 bridgehead atoms. The Kier molecular flexibility index (Phi) is 5.97. The molecule has 3 aliphatic carbocycles. The van der Waals surface area contributed by atoms with Crippen LogP contribution < -0.4 is 0 Å². The smallest absolute Gasteiger partial charge is 0.316 e. The van der Waals surface area contributed by atoms with Crippen LogP contribution in [0.3, 0.4) is 0 Å². The van der Waals surface area contributed by atoms with Crippen molar-refractivity contribution >= 4 is 11.8 Å². The van der Waals surface area contributed by atoms with Crippen molar-refractivity contribution in [3.8, 4) is 0 Å². The van der Waals surface area contributed by atoms with Gasteiger partial charge in [0.1, 0.15) is 5.92 Å². The summed E-state index contributed by atoms with van der Waals surface area (Å²) in [5.74, 6) is -0.848. The molecular formula is C26H32O4. The summed E-state index contributed by atoms with van der Waals surface area (Å²) in [7, 11) is 3.11. The molecule has 1 saturated carbocycles. The summed E-state index contributed by atoms with van der Waals surface area (Å²) in [5.41, 5.74) is 4.97. The zero-order chi connectivity index (χ0) is 21.3. The molecule has 0 spiro atoms. The highest BCUT2D eigenvalue weighted by molar-refractivity contribution is 6.01. The van der Waals surface area contributed by atoms with Crippen molar-refractivity contribution in [2.45, 2.75) is 45.4 Å². The van der Waals surface area contributed by atoms with Crippen LogP contribution in [0, 0.1) is 23.2 Å². The minimum Gasteiger partial charge on any atom is -0.468 e. The Morgan fingerprint density at radius 3 is 2.63 bits per heavy atom. The lowest BCUT2D eigenvalue weighted by Gasteiger charge is -2.33. The van der Waals surface area contributed by atoms with Gasteiger partial charge >= 0.3 is 5.97 Å². The number of benzene rings is 1. The Bertz CT molecular complexity index is 882. The number of allylic oxidation sites excluding steroid dienone is 3. The summed E-state index contributed by atoms with van der Waals surface area (Å²) >= 11 is 0. The number of Topliss-reactive ketones (excluding diaryl/α,β-unsaturated/α-hetero) is 1. The van der Waals surface area contributed by atoms with Gasteiger partial charge in [0.2, 0.25) is 0 Å². The Balaban J connectivity index is 1.79. The van der Waals surface area contributed by atoms with E-state index >= 15 is 0 Å². The predicted octanol–water partition coefficient (Wildman–Crippen LogP) is 4.69. The topological polar surface area (TPSA) is 52.6 Å². The van der Waals surface area contributed by atoms with Gasteiger partial charge in [0.15, 0.2) is 5.78 Å². The molecule has 0 aliphatic heterocycles. The Morgan fingerprint density at radius 1 is 1.17 bits per heavy atom. The van der Waals surface area contributed by atoms with Crippen molar-refractivity contribution in [1.82, 2.24) is 0 Å². The van der Waals surface area contributed by atoms with Gasteiger partial charge in [0, 0.05) is 30.8 Å². The maximum atomic E-state index is 13.5. The first kappa shape index (κ1) is 21.0. The number of fused-ring (bicyclic) bond motifs is 2. The maximum absolute atomic E-state index is 13.5. The number of methoxy groups -OCH3 is 2. The van der Waals surface area contributed by atoms with Crippen molar-refractivity contribution < 1.29 is 19.1 Å². The molecule has 4 atom stereocenters. The van der Waals surface area contributed by atoms with Crippen molar-refractivity contribution in [2.75, 3.05) is 20.8 Å². The van der Waals surface area contributed by atoms with Crippen LogP contribution in [0.4, 0.5) is 0 Å². The number of rotatable bonds is 5. The van der Waals surface area contributed by atoms with E-state index in [1.54, 1.807) is 7.11 Å². The second kappa shape index (κ2) is 8.50. The summed E-state index contributed by atoms with van der Waals surface area (Å²) in [4.78, 5) is 26.1. The Hall–Kier alpha value is -2.20. The van der Waals surface area contributed by atoms with Crippen LogP contribution in [0.15, 0.2) is 53.1 Å². The van der Waals surface area contributed by atoms with Crippen LogP contribution in [0.25, 0.3) is 0 Å². The minimum atomic E-state index is -0.696. The normalized spacial score (nSPS) is 32.7. The van der Waals surface area contributed by atoms with E-state index in [0.717, 1.165) is 32.1 Å². The fraction of sp³-hybridized carbons (Fsp3) is 0.538. The second-order valence-electron chi connectivity index (χ2n) is 9.29. The number of ether oxygens (including phenoxy) is 2. The van der Waals surface area contributed by atoms with Crippen molar-refractivity contribution in [2.24, 2.45) is 23.2 Å². The van der Waals surface area contributed by atoms with Crippen LogP contribution >= 0.6 is 0 Å². The monoisotopic (exact) mass is 408 g/mol. The van der Waals surface area contributed by atoms with E-state index in [4.69, 9.17) is 9.47 Å². The van der Waals surface area contributed by atoms with Crippen molar-refractivity contribution in [1.29, 1.82) is 0 Å². The van der Waals surface area contributed by atoms with Crippen molar-refractivity contribution in [3.63, 3.8) is 0 Å². The Morgan fingerprint density at radius 2 is 1.93 bits per heavy atom. The lowest BCUT2D eigenvalue weighted by molar-refractivity contribution is -0.151. The standard InChI is InChI=1S/C26H32O4/c1-26-12-11-18(13-17-7-5-4-6-8-17)22(26)14-23(27)24(25(28)30-3)20-10-9-19(16-29-2)21(20)15-26/h4-8,15,19-20,24H,9-14,16H2,1-3H3/b21-15-/t19-,20?,24+,26?/m1/s1. The third kappa shape index (κ3) is 3.78. The first-order chi connectivity index (χ1) is 14.5. The van der Waals surface area contributed by atoms with Crippen molar-refractivity contribution in [3.05, 3.63) is 58.7 Å². The third-order valence-electron chi connectivity index (χ3n) is 7.46. The zero-order valence-electron chi connectivity index (χ0n) is 18.3. The van der Waals surface area contributed by atoms with Crippen LogP contribution in [0.5, 0.6) is 0 Å². The molecule has 0 radical (unpaired) electrons. The van der Waals surface area contributed by atoms with Crippen LogP contribution in [0.2, 0.25) is 0 Å². The molecule has 1 aromatic carbocycles. The summed E-state index contributed by atoms with van der Waals surface area (Å²) in [6.07, 6.45) is 7.46. The lowest BCUT2D eigenvalue weighted by Crippen LogP contribution is -2.36. The molecule has 160 valence electrons. The first-order valence-electron chi connectivity index (χ1n) is 11.0. The fourth-order valence-electron chi connectivity index (χ4n) is 5.92. The van der Waals surface area contributed by atoms with Crippen LogP contribution in [0.1, 0.15) is 44.6 Å². The van der Waals surface area contributed by atoms with Gasteiger partial charge in [-0.1, -0.05) is 60.1 Å². The highest BCUT2D eigenvalue weighted by atomic mass is 16.5. The van der Waals surface area contributed by atoms with Gasteiger partial charge in [-0.15, -0.1) is 0 Å². The van der Waals surface area contributed by atoms with Gasteiger partial charge < -0.3 is 9.47 Å². The number of esters is 1. The average Bonchev–Trinajstić information content (AvgIpc) is 3.24. The third-order valence-corrected chi connectivity index (χ3v) is 7.46. The molecule has 1 fully saturated rings. The number of carbonyl (C=O) groups is 2. The molecule has 0 aromatic heterocycles. The maximum Gasteiger partial charge on any atom is 0.316 e. The largest absolute Gasteiger partial charge is 0.468 e. The van der Waals surface area contributed by atoms with Gasteiger partial charge in [0.25, 0.3) is 0 Å². The van der Waals surface area contributed by atoms with Gasteiger partial charge in [0.05, 0.1) is 13.7 Å². The average molecular weight is 409 g/mol. The fourth-order valence-corrected chi connectivity index (χ4v) is 5.92. The van der Waals surface area contributed by atoms with E-state index in [1.807, 2.05) is 6.07 Å². The molecule has 0 heterocycles.